The van der Waals surface area contributed by atoms with Crippen molar-refractivity contribution in [2.75, 3.05) is 13.2 Å². The summed E-state index contributed by atoms with van der Waals surface area (Å²) in [5.41, 5.74) is 6.62. The highest BCUT2D eigenvalue weighted by molar-refractivity contribution is 6.32. The summed E-state index contributed by atoms with van der Waals surface area (Å²) in [5, 5.41) is 0.668. The lowest BCUT2D eigenvalue weighted by Crippen LogP contribution is -2.05. The zero-order chi connectivity index (χ0) is 11.3. The Morgan fingerprint density at radius 1 is 1.40 bits per heavy atom. The molecule has 0 fully saturated rings. The molecule has 2 N–H and O–H groups in total. The van der Waals surface area contributed by atoms with Crippen LogP contribution in [0.1, 0.15) is 19.4 Å². The molecule has 15 heavy (non-hydrogen) atoms. The molecule has 0 spiro atoms. The molecule has 2 nitrogen and oxygen atoms in total. The molecule has 1 aromatic carbocycles. The van der Waals surface area contributed by atoms with Gasteiger partial charge in [0, 0.05) is 0 Å². The van der Waals surface area contributed by atoms with Crippen molar-refractivity contribution in [3.8, 4) is 5.75 Å². The molecule has 0 aliphatic carbocycles. The third kappa shape index (κ3) is 4.10. The molecule has 0 aliphatic heterocycles. The summed E-state index contributed by atoms with van der Waals surface area (Å²) in [6.45, 7) is 5.55. The van der Waals surface area contributed by atoms with E-state index in [0.29, 0.717) is 24.1 Å². The monoisotopic (exact) mass is 227 g/mol. The van der Waals surface area contributed by atoms with Crippen LogP contribution in [0.3, 0.4) is 0 Å². The number of halogens is 1. The van der Waals surface area contributed by atoms with Crippen molar-refractivity contribution in [2.45, 2.75) is 20.3 Å². The van der Waals surface area contributed by atoms with Crippen LogP contribution in [0.5, 0.6) is 5.75 Å². The van der Waals surface area contributed by atoms with Crippen LogP contribution in [0.2, 0.25) is 5.02 Å². The summed E-state index contributed by atoms with van der Waals surface area (Å²) < 4.78 is 5.57. The lowest BCUT2D eigenvalue weighted by Gasteiger charge is -2.11. The molecule has 0 saturated heterocycles. The first-order valence-corrected chi connectivity index (χ1v) is 5.62. The maximum atomic E-state index is 6.08. The van der Waals surface area contributed by atoms with Gasteiger partial charge in [0.1, 0.15) is 5.75 Å². The van der Waals surface area contributed by atoms with Crippen LogP contribution in [-0.4, -0.2) is 13.2 Å². The van der Waals surface area contributed by atoms with Gasteiger partial charge in [0.05, 0.1) is 11.6 Å². The second-order valence-electron chi connectivity index (χ2n) is 4.01. The van der Waals surface area contributed by atoms with Crippen LogP contribution < -0.4 is 10.5 Å². The summed E-state index contributed by atoms with van der Waals surface area (Å²) in [4.78, 5) is 0. The lowest BCUT2D eigenvalue weighted by molar-refractivity contribution is 0.271. The van der Waals surface area contributed by atoms with Crippen LogP contribution >= 0.6 is 11.6 Å². The minimum atomic E-state index is 0.504. The van der Waals surface area contributed by atoms with Gasteiger partial charge in [-0.15, -0.1) is 0 Å². The fraction of sp³-hybridized carbons (Fsp3) is 0.500. The van der Waals surface area contributed by atoms with Crippen molar-refractivity contribution in [3.63, 3.8) is 0 Å². The molecular formula is C12H18ClNO. The molecule has 0 unspecified atom stereocenters. The molecule has 84 valence electrons. The SMILES string of the molecule is CC(C)COc1ccc(CCN)cc1Cl. The van der Waals surface area contributed by atoms with Gasteiger partial charge in [-0.25, -0.2) is 0 Å². The van der Waals surface area contributed by atoms with Gasteiger partial charge in [0.25, 0.3) is 0 Å². The van der Waals surface area contributed by atoms with Gasteiger partial charge in [-0.1, -0.05) is 31.5 Å². The Kier molecular flexibility index (Phi) is 4.92. The molecule has 1 aromatic rings. The van der Waals surface area contributed by atoms with Gasteiger partial charge in [0.15, 0.2) is 0 Å². The van der Waals surface area contributed by atoms with E-state index in [-0.39, 0.29) is 0 Å². The Morgan fingerprint density at radius 3 is 2.67 bits per heavy atom. The van der Waals surface area contributed by atoms with E-state index in [1.807, 2.05) is 18.2 Å². The average molecular weight is 228 g/mol. The molecule has 1 rings (SSSR count). The van der Waals surface area contributed by atoms with Crippen LogP contribution in [0.25, 0.3) is 0 Å². The van der Waals surface area contributed by atoms with E-state index in [0.717, 1.165) is 17.7 Å². The van der Waals surface area contributed by atoms with E-state index in [1.54, 1.807) is 0 Å². The quantitative estimate of drug-likeness (QED) is 0.840. The number of rotatable bonds is 5. The summed E-state index contributed by atoms with van der Waals surface area (Å²) in [5.74, 6) is 1.26. The Morgan fingerprint density at radius 2 is 2.13 bits per heavy atom. The second kappa shape index (κ2) is 5.99. The summed E-state index contributed by atoms with van der Waals surface area (Å²) in [7, 11) is 0. The molecule has 0 saturated carbocycles. The van der Waals surface area contributed by atoms with Gasteiger partial charge in [-0.2, -0.15) is 0 Å². The largest absolute Gasteiger partial charge is 0.492 e. The molecular weight excluding hydrogens is 210 g/mol. The normalized spacial score (nSPS) is 10.7. The summed E-state index contributed by atoms with van der Waals surface area (Å²) in [6, 6.07) is 5.84. The van der Waals surface area contributed by atoms with Crippen LogP contribution in [0, 0.1) is 5.92 Å². The first kappa shape index (κ1) is 12.3. The topological polar surface area (TPSA) is 35.2 Å². The van der Waals surface area contributed by atoms with E-state index >= 15 is 0 Å². The highest BCUT2D eigenvalue weighted by atomic mass is 35.5. The van der Waals surface area contributed by atoms with Crippen LogP contribution in [-0.2, 0) is 6.42 Å². The number of benzene rings is 1. The second-order valence-corrected chi connectivity index (χ2v) is 4.42. The van der Waals surface area contributed by atoms with Gasteiger partial charge in [0.2, 0.25) is 0 Å². The third-order valence-electron chi connectivity index (χ3n) is 2.00. The predicted molar refractivity (Wildman–Crippen MR) is 64.5 cm³/mol. The zero-order valence-corrected chi connectivity index (χ0v) is 10.1. The molecule has 0 bridgehead atoms. The van der Waals surface area contributed by atoms with Crippen LogP contribution in [0.4, 0.5) is 0 Å². The van der Waals surface area contributed by atoms with Crippen molar-refractivity contribution >= 4 is 11.6 Å². The molecule has 0 heterocycles. The highest BCUT2D eigenvalue weighted by Gasteiger charge is 2.03. The van der Waals surface area contributed by atoms with Crippen molar-refractivity contribution < 1.29 is 4.74 Å². The first-order valence-electron chi connectivity index (χ1n) is 5.24. The van der Waals surface area contributed by atoms with Gasteiger partial charge >= 0.3 is 0 Å². The Labute approximate surface area is 96.4 Å². The van der Waals surface area contributed by atoms with Crippen LogP contribution in [0.15, 0.2) is 18.2 Å². The van der Waals surface area contributed by atoms with Gasteiger partial charge in [-0.05, 0) is 36.6 Å². The Balaban J connectivity index is 2.66. The van der Waals surface area contributed by atoms with Crippen molar-refractivity contribution in [2.24, 2.45) is 11.7 Å². The highest BCUT2D eigenvalue weighted by Crippen LogP contribution is 2.25. The summed E-state index contributed by atoms with van der Waals surface area (Å²) >= 11 is 6.08. The molecule has 0 radical (unpaired) electrons. The predicted octanol–water partition coefficient (Wildman–Crippen LogP) is 2.88. The molecule has 0 atom stereocenters. The number of hydrogen-bond donors (Lipinski definition) is 1. The fourth-order valence-corrected chi connectivity index (χ4v) is 1.50. The van der Waals surface area contributed by atoms with E-state index in [9.17, 15) is 0 Å². The first-order chi connectivity index (χ1) is 7.13. The van der Waals surface area contributed by atoms with Crippen molar-refractivity contribution in [1.82, 2.24) is 0 Å². The Bertz CT molecular complexity index is 312. The molecule has 3 heteroatoms. The van der Waals surface area contributed by atoms with E-state index in [4.69, 9.17) is 22.1 Å². The molecule has 0 aliphatic rings. The smallest absolute Gasteiger partial charge is 0.137 e. The fourth-order valence-electron chi connectivity index (χ4n) is 1.24. The zero-order valence-electron chi connectivity index (χ0n) is 9.29. The maximum absolute atomic E-state index is 6.08. The minimum absolute atomic E-state index is 0.504. The minimum Gasteiger partial charge on any atom is -0.492 e. The van der Waals surface area contributed by atoms with Crippen molar-refractivity contribution in [1.29, 1.82) is 0 Å². The van der Waals surface area contributed by atoms with Gasteiger partial charge in [-0.3, -0.25) is 0 Å². The standard InChI is InChI=1S/C12H18ClNO/c1-9(2)8-15-12-4-3-10(5-6-14)7-11(12)13/h3-4,7,9H,5-6,8,14H2,1-2H3. The average Bonchev–Trinajstić information content (AvgIpc) is 2.17. The van der Waals surface area contributed by atoms with E-state index < -0.39 is 0 Å². The number of nitrogens with two attached hydrogens (primary N) is 1. The lowest BCUT2D eigenvalue weighted by atomic mass is 10.1. The maximum Gasteiger partial charge on any atom is 0.137 e. The van der Waals surface area contributed by atoms with E-state index in [2.05, 4.69) is 13.8 Å². The molecule has 0 amide bonds. The number of ether oxygens (including phenoxy) is 1. The van der Waals surface area contributed by atoms with Gasteiger partial charge < -0.3 is 10.5 Å². The Hall–Kier alpha value is -0.730. The van der Waals surface area contributed by atoms with Crippen molar-refractivity contribution in [3.05, 3.63) is 28.8 Å². The summed E-state index contributed by atoms with van der Waals surface area (Å²) in [6.07, 6.45) is 0.851. The number of hydrogen-bond acceptors (Lipinski definition) is 2. The van der Waals surface area contributed by atoms with E-state index in [1.165, 1.54) is 0 Å². The third-order valence-corrected chi connectivity index (χ3v) is 2.30. The molecule has 0 aromatic heterocycles.